The van der Waals surface area contributed by atoms with E-state index in [4.69, 9.17) is 27.9 Å². The second kappa shape index (κ2) is 8.87. The lowest BCUT2D eigenvalue weighted by Crippen LogP contribution is -2.33. The minimum absolute atomic E-state index is 0.277. The fraction of sp³-hybridized carbons (Fsp3) is 0.235. The number of halogens is 2. The van der Waals surface area contributed by atoms with Gasteiger partial charge in [0.2, 0.25) is 0 Å². The van der Waals surface area contributed by atoms with Crippen LogP contribution < -0.4 is 4.90 Å². The van der Waals surface area contributed by atoms with E-state index >= 15 is 0 Å². The first-order chi connectivity index (χ1) is 11.1. The summed E-state index contributed by atoms with van der Waals surface area (Å²) >= 11 is 12.3. The second-order valence-electron chi connectivity index (χ2n) is 4.71. The van der Waals surface area contributed by atoms with Crippen molar-refractivity contribution in [1.29, 1.82) is 0 Å². The van der Waals surface area contributed by atoms with E-state index < -0.39 is 0 Å². The number of ether oxygens (including phenoxy) is 1. The van der Waals surface area contributed by atoms with Crippen molar-refractivity contribution in [2.24, 2.45) is 0 Å². The Hall–Kier alpha value is -1.62. The van der Waals surface area contributed by atoms with E-state index in [1.165, 1.54) is 0 Å². The number of hydrogen-bond donors (Lipinski definition) is 0. The first kappa shape index (κ1) is 17.7. The zero-order valence-corrected chi connectivity index (χ0v) is 14.1. The lowest BCUT2D eigenvalue weighted by atomic mass is 10.2. The molecular formula is C17H17Cl2N2O2. The molecule has 0 aliphatic rings. The van der Waals surface area contributed by atoms with Gasteiger partial charge in [0.15, 0.2) is 0 Å². The van der Waals surface area contributed by atoms with Crippen LogP contribution in [0.3, 0.4) is 0 Å². The number of benzene rings is 1. The van der Waals surface area contributed by atoms with E-state index in [-0.39, 0.29) is 11.5 Å². The largest absolute Gasteiger partial charge is 0.381 e. The SMILES string of the molecule is [CH2]COCCCN(C(=O)c1c(Cl)cccc1Cl)c1ccccn1. The van der Waals surface area contributed by atoms with Crippen LogP contribution in [-0.2, 0) is 4.74 Å². The molecule has 1 radical (unpaired) electrons. The monoisotopic (exact) mass is 351 g/mol. The van der Waals surface area contributed by atoms with Gasteiger partial charge in [-0.15, -0.1) is 0 Å². The van der Waals surface area contributed by atoms with Gasteiger partial charge in [-0.2, -0.15) is 0 Å². The average Bonchev–Trinajstić information content (AvgIpc) is 2.55. The van der Waals surface area contributed by atoms with E-state index in [9.17, 15) is 4.79 Å². The Bertz CT molecular complexity index is 630. The molecule has 2 aromatic rings. The molecule has 1 heterocycles. The van der Waals surface area contributed by atoms with E-state index in [0.29, 0.717) is 42.0 Å². The number of pyridine rings is 1. The van der Waals surface area contributed by atoms with E-state index in [0.717, 1.165) is 0 Å². The molecule has 0 N–H and O–H groups in total. The first-order valence-corrected chi connectivity index (χ1v) is 7.94. The van der Waals surface area contributed by atoms with Crippen molar-refractivity contribution in [3.63, 3.8) is 0 Å². The first-order valence-electron chi connectivity index (χ1n) is 7.19. The molecule has 4 nitrogen and oxygen atoms in total. The van der Waals surface area contributed by atoms with Crippen LogP contribution in [0.1, 0.15) is 16.8 Å². The predicted octanol–water partition coefficient (Wildman–Crippen LogP) is 4.28. The molecule has 0 spiro atoms. The Morgan fingerprint density at radius 1 is 1.17 bits per heavy atom. The van der Waals surface area contributed by atoms with Crippen LogP contribution in [-0.4, -0.2) is 30.6 Å². The number of rotatable bonds is 7. The van der Waals surface area contributed by atoms with Crippen molar-refractivity contribution in [3.8, 4) is 0 Å². The fourth-order valence-electron chi connectivity index (χ4n) is 2.10. The normalized spacial score (nSPS) is 10.6. The summed E-state index contributed by atoms with van der Waals surface area (Å²) < 4.78 is 5.23. The summed E-state index contributed by atoms with van der Waals surface area (Å²) in [5, 5.41) is 0.634. The molecule has 0 fully saturated rings. The Kier molecular flexibility index (Phi) is 6.84. The number of nitrogens with zero attached hydrogens (tertiary/aromatic N) is 2. The van der Waals surface area contributed by atoms with Crippen molar-refractivity contribution in [2.45, 2.75) is 6.42 Å². The summed E-state index contributed by atoms with van der Waals surface area (Å²) in [4.78, 5) is 18.7. The van der Waals surface area contributed by atoms with Gasteiger partial charge in [-0.05, 0) is 37.6 Å². The van der Waals surface area contributed by atoms with Crippen LogP contribution in [0.2, 0.25) is 10.0 Å². The number of carbonyl (C=O) groups excluding carboxylic acids is 1. The summed E-state index contributed by atoms with van der Waals surface area (Å²) in [7, 11) is 0. The van der Waals surface area contributed by atoms with Crippen LogP contribution in [0.4, 0.5) is 5.82 Å². The van der Waals surface area contributed by atoms with Gasteiger partial charge in [-0.1, -0.05) is 35.3 Å². The highest BCUT2D eigenvalue weighted by atomic mass is 35.5. The van der Waals surface area contributed by atoms with Crippen molar-refractivity contribution < 1.29 is 9.53 Å². The molecule has 1 aromatic carbocycles. The van der Waals surface area contributed by atoms with Gasteiger partial charge < -0.3 is 4.74 Å². The van der Waals surface area contributed by atoms with Crippen LogP contribution in [0.5, 0.6) is 0 Å². The molecule has 0 atom stereocenters. The Labute approximate surface area is 146 Å². The lowest BCUT2D eigenvalue weighted by Gasteiger charge is -2.22. The zero-order chi connectivity index (χ0) is 16.7. The fourth-order valence-corrected chi connectivity index (χ4v) is 2.66. The molecule has 2 rings (SSSR count). The third kappa shape index (κ3) is 4.67. The molecule has 1 amide bonds. The molecule has 0 aliphatic carbocycles. The smallest absolute Gasteiger partial charge is 0.262 e. The number of anilines is 1. The molecule has 0 saturated carbocycles. The molecule has 1 aromatic heterocycles. The number of aromatic nitrogens is 1. The summed E-state index contributed by atoms with van der Waals surface area (Å²) in [6.07, 6.45) is 2.29. The summed E-state index contributed by atoms with van der Waals surface area (Å²) in [6, 6.07) is 10.4. The molecule has 6 heteroatoms. The zero-order valence-electron chi connectivity index (χ0n) is 12.5. The molecule has 23 heavy (non-hydrogen) atoms. The molecule has 121 valence electrons. The summed E-state index contributed by atoms with van der Waals surface area (Å²) in [6.45, 7) is 4.97. The third-order valence-corrected chi connectivity index (χ3v) is 3.79. The van der Waals surface area contributed by atoms with Crippen molar-refractivity contribution >= 4 is 34.9 Å². The molecule has 0 aliphatic heterocycles. The number of hydrogen-bond acceptors (Lipinski definition) is 3. The van der Waals surface area contributed by atoms with Gasteiger partial charge in [0.25, 0.3) is 5.91 Å². The maximum absolute atomic E-state index is 12.9. The highest BCUT2D eigenvalue weighted by Gasteiger charge is 2.23. The predicted molar refractivity (Wildman–Crippen MR) is 93.2 cm³/mol. The van der Waals surface area contributed by atoms with E-state index in [1.807, 2.05) is 6.07 Å². The van der Waals surface area contributed by atoms with Gasteiger partial charge in [0, 0.05) is 26.0 Å². The lowest BCUT2D eigenvalue weighted by molar-refractivity contribution is 0.0981. The minimum atomic E-state index is -0.283. The topological polar surface area (TPSA) is 42.4 Å². The Morgan fingerprint density at radius 2 is 1.91 bits per heavy atom. The Morgan fingerprint density at radius 3 is 2.52 bits per heavy atom. The maximum Gasteiger partial charge on any atom is 0.262 e. The molecule has 0 saturated heterocycles. The van der Waals surface area contributed by atoms with Crippen molar-refractivity contribution in [2.75, 3.05) is 24.7 Å². The molecule has 0 bridgehead atoms. The maximum atomic E-state index is 12.9. The third-order valence-electron chi connectivity index (χ3n) is 3.16. The van der Waals surface area contributed by atoms with Crippen LogP contribution >= 0.6 is 23.2 Å². The Balaban J connectivity index is 2.27. The number of carbonyl (C=O) groups is 1. The van der Waals surface area contributed by atoms with E-state index in [1.54, 1.807) is 41.4 Å². The van der Waals surface area contributed by atoms with Gasteiger partial charge in [-0.3, -0.25) is 9.69 Å². The van der Waals surface area contributed by atoms with E-state index in [2.05, 4.69) is 11.9 Å². The van der Waals surface area contributed by atoms with Crippen LogP contribution in [0.25, 0.3) is 0 Å². The average molecular weight is 352 g/mol. The van der Waals surface area contributed by atoms with Gasteiger partial charge >= 0.3 is 0 Å². The molecule has 0 unspecified atom stereocenters. The summed E-state index contributed by atoms with van der Waals surface area (Å²) in [5.41, 5.74) is 0.277. The number of amides is 1. The highest BCUT2D eigenvalue weighted by molar-refractivity contribution is 6.40. The molecular weight excluding hydrogens is 335 g/mol. The van der Waals surface area contributed by atoms with Crippen LogP contribution in [0.15, 0.2) is 42.6 Å². The second-order valence-corrected chi connectivity index (χ2v) is 5.52. The van der Waals surface area contributed by atoms with Gasteiger partial charge in [-0.25, -0.2) is 4.98 Å². The van der Waals surface area contributed by atoms with Gasteiger partial charge in [0.1, 0.15) is 5.82 Å². The van der Waals surface area contributed by atoms with Crippen molar-refractivity contribution in [3.05, 3.63) is 65.1 Å². The quantitative estimate of drug-likeness (QED) is 0.699. The highest BCUT2D eigenvalue weighted by Crippen LogP contribution is 2.27. The van der Waals surface area contributed by atoms with Crippen LogP contribution in [0, 0.1) is 6.92 Å². The standard InChI is InChI=1S/C17H17Cl2N2O2/c1-2-23-12-6-11-21(15-9-3-4-10-20-15)17(22)16-13(18)7-5-8-14(16)19/h3-5,7-10H,1-2,6,11-12H2. The van der Waals surface area contributed by atoms with Crippen molar-refractivity contribution in [1.82, 2.24) is 4.98 Å². The summed E-state index contributed by atoms with van der Waals surface area (Å²) in [5.74, 6) is 0.261. The minimum Gasteiger partial charge on any atom is -0.381 e. The van der Waals surface area contributed by atoms with Gasteiger partial charge in [0.05, 0.1) is 15.6 Å².